The van der Waals surface area contributed by atoms with Gasteiger partial charge in [0.25, 0.3) is 6.43 Å². The average molecular weight is 262 g/mol. The van der Waals surface area contributed by atoms with Crippen LogP contribution in [0, 0.1) is 0 Å². The van der Waals surface area contributed by atoms with E-state index in [9.17, 15) is 8.78 Å². The first-order chi connectivity index (χ1) is 5.09. The van der Waals surface area contributed by atoms with Crippen LogP contribution in [-0.2, 0) is 6.54 Å². The minimum absolute atomic E-state index is 0. The Bertz CT molecular complexity index is 233. The predicted molar refractivity (Wildman–Crippen MR) is 47.6 cm³/mol. The van der Waals surface area contributed by atoms with Gasteiger partial charge in [-0.15, -0.1) is 12.4 Å². The van der Waals surface area contributed by atoms with E-state index >= 15 is 0 Å². The van der Waals surface area contributed by atoms with E-state index < -0.39 is 13.0 Å². The summed E-state index contributed by atoms with van der Waals surface area (Å²) in [7, 11) is 0. The van der Waals surface area contributed by atoms with Crippen molar-refractivity contribution < 1.29 is 8.78 Å². The number of hydrogen-bond donors (Lipinski definition) is 1. The van der Waals surface area contributed by atoms with Crippen molar-refractivity contribution in [3.05, 3.63) is 10.8 Å². The molecule has 0 aliphatic rings. The monoisotopic (exact) mass is 261 g/mol. The molecule has 0 radical (unpaired) electrons. The van der Waals surface area contributed by atoms with E-state index in [1.165, 1.54) is 6.20 Å². The van der Waals surface area contributed by atoms with E-state index in [1.54, 1.807) is 0 Å². The lowest BCUT2D eigenvalue weighted by Crippen LogP contribution is -2.06. The molecule has 0 unspecified atom stereocenters. The molecule has 3 nitrogen and oxygen atoms in total. The maximum atomic E-state index is 11.7. The Kier molecular flexibility index (Phi) is 4.47. The molecule has 7 heteroatoms. The molecule has 0 amide bonds. The molecule has 0 bridgehead atoms. The minimum Gasteiger partial charge on any atom is -0.395 e. The highest BCUT2D eigenvalue weighted by molar-refractivity contribution is 9.10. The third-order valence-electron chi connectivity index (χ3n) is 1.07. The van der Waals surface area contributed by atoms with Crippen LogP contribution in [-0.4, -0.2) is 16.2 Å². The molecule has 70 valence electrons. The molecule has 0 aliphatic heterocycles. The fraction of sp³-hybridized carbons (Fsp3) is 0.400. The fourth-order valence-corrected chi connectivity index (χ4v) is 0.954. The molecule has 1 rings (SSSR count). The molecule has 0 saturated heterocycles. The Morgan fingerprint density at radius 2 is 2.25 bits per heavy atom. The number of aromatic nitrogens is 2. The Labute approximate surface area is 82.5 Å². The summed E-state index contributed by atoms with van der Waals surface area (Å²) in [6.07, 6.45) is -1.04. The van der Waals surface area contributed by atoms with Gasteiger partial charge in [-0.2, -0.15) is 5.10 Å². The van der Waals surface area contributed by atoms with Crippen LogP contribution >= 0.6 is 28.3 Å². The van der Waals surface area contributed by atoms with Crippen LogP contribution in [0.4, 0.5) is 14.5 Å². The SMILES string of the molecule is Cl.Nc1cn(CC(F)F)nc1Br. The van der Waals surface area contributed by atoms with Crippen LogP contribution in [0.1, 0.15) is 0 Å². The second kappa shape index (κ2) is 4.61. The molecule has 0 atom stereocenters. The highest BCUT2D eigenvalue weighted by atomic mass is 79.9. The first-order valence-electron chi connectivity index (χ1n) is 2.86. The lowest BCUT2D eigenvalue weighted by Gasteiger charge is -1.96. The number of alkyl halides is 2. The van der Waals surface area contributed by atoms with Crippen molar-refractivity contribution in [2.45, 2.75) is 13.0 Å². The Morgan fingerprint density at radius 1 is 1.67 bits per heavy atom. The van der Waals surface area contributed by atoms with Gasteiger partial charge in [-0.05, 0) is 15.9 Å². The van der Waals surface area contributed by atoms with Gasteiger partial charge in [0.15, 0.2) is 4.60 Å². The van der Waals surface area contributed by atoms with Gasteiger partial charge in [-0.25, -0.2) is 8.78 Å². The summed E-state index contributed by atoms with van der Waals surface area (Å²) < 4.78 is 25.0. The van der Waals surface area contributed by atoms with E-state index in [1.807, 2.05) is 0 Å². The van der Waals surface area contributed by atoms with Crippen LogP contribution in [0.25, 0.3) is 0 Å². The summed E-state index contributed by atoms with van der Waals surface area (Å²) in [6.45, 7) is -0.421. The molecule has 1 aromatic heterocycles. The first-order valence-corrected chi connectivity index (χ1v) is 3.65. The third kappa shape index (κ3) is 2.94. The third-order valence-corrected chi connectivity index (χ3v) is 1.68. The summed E-state index contributed by atoms with van der Waals surface area (Å²) in [5.74, 6) is 0. The number of anilines is 1. The van der Waals surface area contributed by atoms with Gasteiger partial charge >= 0.3 is 0 Å². The Morgan fingerprint density at radius 3 is 2.58 bits per heavy atom. The topological polar surface area (TPSA) is 43.8 Å². The zero-order valence-corrected chi connectivity index (χ0v) is 8.28. The van der Waals surface area contributed by atoms with E-state index in [0.29, 0.717) is 10.3 Å². The molecule has 0 saturated carbocycles. The molecule has 0 aromatic carbocycles. The van der Waals surface area contributed by atoms with Gasteiger partial charge in [-0.3, -0.25) is 4.68 Å². The lowest BCUT2D eigenvalue weighted by atomic mass is 10.6. The van der Waals surface area contributed by atoms with Gasteiger partial charge in [0.05, 0.1) is 5.69 Å². The standard InChI is InChI=1S/C5H6BrF2N3.ClH/c6-5-3(9)1-11(10-5)2-4(7)8;/h1,4H,2,9H2;1H. The molecule has 0 fully saturated rings. The van der Waals surface area contributed by atoms with E-state index in [-0.39, 0.29) is 12.4 Å². The highest BCUT2D eigenvalue weighted by Crippen LogP contribution is 2.16. The molecular formula is C5H7BrClF2N3. The van der Waals surface area contributed by atoms with E-state index in [0.717, 1.165) is 4.68 Å². The van der Waals surface area contributed by atoms with Crippen molar-refractivity contribution in [3.63, 3.8) is 0 Å². The van der Waals surface area contributed by atoms with Crippen LogP contribution in [0.5, 0.6) is 0 Å². The zero-order valence-electron chi connectivity index (χ0n) is 5.88. The predicted octanol–water partition coefficient (Wildman–Crippen LogP) is 1.91. The highest BCUT2D eigenvalue weighted by Gasteiger charge is 2.07. The summed E-state index contributed by atoms with van der Waals surface area (Å²) in [5.41, 5.74) is 5.71. The van der Waals surface area contributed by atoms with E-state index in [4.69, 9.17) is 5.73 Å². The number of nitrogen functional groups attached to an aromatic ring is 1. The summed E-state index contributed by atoms with van der Waals surface area (Å²) in [4.78, 5) is 0. The smallest absolute Gasteiger partial charge is 0.257 e. The van der Waals surface area contributed by atoms with Gasteiger partial charge in [0.2, 0.25) is 0 Å². The normalized spacial score (nSPS) is 10.0. The molecule has 12 heavy (non-hydrogen) atoms. The fourth-order valence-electron chi connectivity index (χ4n) is 0.648. The van der Waals surface area contributed by atoms with Crippen LogP contribution in [0.15, 0.2) is 10.8 Å². The van der Waals surface area contributed by atoms with Crippen molar-refractivity contribution in [1.82, 2.24) is 9.78 Å². The van der Waals surface area contributed by atoms with Crippen molar-refractivity contribution in [1.29, 1.82) is 0 Å². The quantitative estimate of drug-likeness (QED) is 0.885. The van der Waals surface area contributed by atoms with Crippen LogP contribution in [0.2, 0.25) is 0 Å². The maximum absolute atomic E-state index is 11.7. The molecule has 0 aliphatic carbocycles. The lowest BCUT2D eigenvalue weighted by molar-refractivity contribution is 0.121. The zero-order chi connectivity index (χ0) is 8.43. The average Bonchev–Trinajstić information content (AvgIpc) is 2.10. The minimum atomic E-state index is -2.40. The molecule has 2 N–H and O–H groups in total. The summed E-state index contributed by atoms with van der Waals surface area (Å²) in [6, 6.07) is 0. The number of rotatable bonds is 2. The van der Waals surface area contributed by atoms with Gasteiger partial charge in [0.1, 0.15) is 6.54 Å². The molecule has 1 aromatic rings. The van der Waals surface area contributed by atoms with Crippen molar-refractivity contribution in [3.8, 4) is 0 Å². The van der Waals surface area contributed by atoms with Crippen LogP contribution < -0.4 is 5.73 Å². The van der Waals surface area contributed by atoms with E-state index in [2.05, 4.69) is 21.0 Å². The van der Waals surface area contributed by atoms with Gasteiger partial charge in [0, 0.05) is 6.20 Å². The molecule has 0 spiro atoms. The van der Waals surface area contributed by atoms with Crippen molar-refractivity contribution in [2.24, 2.45) is 0 Å². The first kappa shape index (κ1) is 11.6. The number of halogens is 4. The second-order valence-electron chi connectivity index (χ2n) is 1.99. The van der Waals surface area contributed by atoms with Crippen LogP contribution in [0.3, 0.4) is 0 Å². The summed E-state index contributed by atoms with van der Waals surface area (Å²) in [5, 5.41) is 3.68. The number of hydrogen-bond acceptors (Lipinski definition) is 2. The van der Waals surface area contributed by atoms with Crippen molar-refractivity contribution in [2.75, 3.05) is 5.73 Å². The largest absolute Gasteiger partial charge is 0.395 e. The summed E-state index contributed by atoms with van der Waals surface area (Å²) >= 11 is 3.00. The van der Waals surface area contributed by atoms with Crippen molar-refractivity contribution >= 4 is 34.0 Å². The maximum Gasteiger partial charge on any atom is 0.257 e. The van der Waals surface area contributed by atoms with Gasteiger partial charge < -0.3 is 5.73 Å². The molecular weight excluding hydrogens is 255 g/mol. The second-order valence-corrected chi connectivity index (χ2v) is 2.74. The van der Waals surface area contributed by atoms with Gasteiger partial charge in [-0.1, -0.05) is 0 Å². The molecule has 1 heterocycles. The number of nitrogens with two attached hydrogens (primary N) is 1. The Balaban J connectivity index is 0.00000121. The number of nitrogens with zero attached hydrogens (tertiary/aromatic N) is 2. The Hall–Kier alpha value is -0.360.